The van der Waals surface area contributed by atoms with Crippen LogP contribution in [0.15, 0.2) is 0 Å². The van der Waals surface area contributed by atoms with Crippen LogP contribution in [0.5, 0.6) is 0 Å². The molecule has 0 amide bonds. The standard InChI is InChI=1S/C7H16BrNO3S/c1-7(2,9-8)3-5-13(11,12)6-4-10/h9-10H,3-6H2,1-2H3. The first-order chi connectivity index (χ1) is 5.83. The smallest absolute Gasteiger partial charge is 0.152 e. The number of hydrogen-bond donors (Lipinski definition) is 2. The lowest BCUT2D eigenvalue weighted by Gasteiger charge is -2.21. The third-order valence-electron chi connectivity index (χ3n) is 1.70. The molecule has 0 spiro atoms. The molecule has 0 fully saturated rings. The third-order valence-corrected chi connectivity index (χ3v) is 4.40. The quantitative estimate of drug-likeness (QED) is 0.691. The van der Waals surface area contributed by atoms with Gasteiger partial charge in [0.1, 0.15) is 0 Å². The Balaban J connectivity index is 4.02. The highest BCUT2D eigenvalue weighted by Gasteiger charge is 2.20. The van der Waals surface area contributed by atoms with Gasteiger partial charge in [-0.3, -0.25) is 4.34 Å². The number of rotatable bonds is 6. The lowest BCUT2D eigenvalue weighted by molar-refractivity contribution is 0.319. The summed E-state index contributed by atoms with van der Waals surface area (Å²) in [5.41, 5.74) is -0.247. The summed E-state index contributed by atoms with van der Waals surface area (Å²) in [5, 5.41) is 8.48. The predicted octanol–water partition coefficient (Wildman–Crippen LogP) is 0.462. The molecule has 0 bridgehead atoms. The normalized spacial score (nSPS) is 13.2. The van der Waals surface area contributed by atoms with Crippen molar-refractivity contribution in [2.24, 2.45) is 0 Å². The number of sulfone groups is 1. The summed E-state index contributed by atoms with van der Waals surface area (Å²) >= 11 is 3.08. The molecule has 80 valence electrons. The Morgan fingerprint density at radius 3 is 2.31 bits per heavy atom. The number of halogens is 1. The molecule has 0 atom stereocenters. The summed E-state index contributed by atoms with van der Waals surface area (Å²) in [6.45, 7) is 3.50. The SMILES string of the molecule is CC(C)(CCS(=O)(=O)CCO)NBr. The Kier molecular flexibility index (Phi) is 5.43. The average molecular weight is 274 g/mol. The molecule has 0 heterocycles. The van der Waals surface area contributed by atoms with Crippen LogP contribution in [0.2, 0.25) is 0 Å². The molecule has 0 unspecified atom stereocenters. The van der Waals surface area contributed by atoms with E-state index in [2.05, 4.69) is 20.5 Å². The van der Waals surface area contributed by atoms with Crippen LogP contribution in [-0.4, -0.2) is 37.2 Å². The van der Waals surface area contributed by atoms with Crippen molar-refractivity contribution in [1.29, 1.82) is 0 Å². The molecule has 0 aliphatic rings. The van der Waals surface area contributed by atoms with Crippen molar-refractivity contribution in [3.63, 3.8) is 0 Å². The third kappa shape index (κ3) is 6.42. The van der Waals surface area contributed by atoms with Crippen molar-refractivity contribution in [1.82, 2.24) is 4.34 Å². The average Bonchev–Trinajstić information content (AvgIpc) is 2.02. The zero-order valence-corrected chi connectivity index (χ0v) is 10.3. The molecule has 0 aromatic carbocycles. The van der Waals surface area contributed by atoms with Gasteiger partial charge in [-0.05, 0) is 20.3 Å². The molecule has 0 aromatic heterocycles. The number of nitrogens with one attached hydrogen (secondary N) is 1. The van der Waals surface area contributed by atoms with Crippen molar-refractivity contribution in [3.05, 3.63) is 0 Å². The van der Waals surface area contributed by atoms with Gasteiger partial charge in [-0.15, -0.1) is 0 Å². The van der Waals surface area contributed by atoms with E-state index in [0.29, 0.717) is 6.42 Å². The second-order valence-electron chi connectivity index (χ2n) is 3.60. The maximum atomic E-state index is 11.2. The van der Waals surface area contributed by atoms with Crippen LogP contribution < -0.4 is 4.34 Å². The van der Waals surface area contributed by atoms with Crippen LogP contribution >= 0.6 is 16.1 Å². The highest BCUT2D eigenvalue weighted by molar-refractivity contribution is 9.08. The summed E-state index contributed by atoms with van der Waals surface area (Å²) in [6.07, 6.45) is 0.514. The van der Waals surface area contributed by atoms with Crippen molar-refractivity contribution in [2.75, 3.05) is 18.1 Å². The fourth-order valence-electron chi connectivity index (χ4n) is 0.699. The van der Waals surface area contributed by atoms with E-state index in [9.17, 15) is 8.42 Å². The van der Waals surface area contributed by atoms with E-state index in [0.717, 1.165) is 0 Å². The highest BCUT2D eigenvalue weighted by Crippen LogP contribution is 2.11. The molecule has 0 aliphatic heterocycles. The first-order valence-corrected chi connectivity index (χ1v) is 6.63. The lowest BCUT2D eigenvalue weighted by atomic mass is 10.0. The molecule has 0 aromatic rings. The molecule has 4 nitrogen and oxygen atoms in total. The molecule has 6 heteroatoms. The minimum absolute atomic E-state index is 0.0964. The maximum absolute atomic E-state index is 11.2. The molecule has 0 rings (SSSR count). The Labute approximate surface area is 88.0 Å². The molecule has 0 saturated carbocycles. The van der Waals surface area contributed by atoms with Crippen molar-refractivity contribution >= 4 is 26.0 Å². The van der Waals surface area contributed by atoms with E-state index in [-0.39, 0.29) is 23.7 Å². The topological polar surface area (TPSA) is 66.4 Å². The molecule has 0 aliphatic carbocycles. The Bertz CT molecular complexity index is 238. The van der Waals surface area contributed by atoms with E-state index in [1.54, 1.807) is 0 Å². The number of aliphatic hydroxyl groups is 1. The van der Waals surface area contributed by atoms with Gasteiger partial charge in [0, 0.05) is 21.7 Å². The van der Waals surface area contributed by atoms with E-state index >= 15 is 0 Å². The van der Waals surface area contributed by atoms with Gasteiger partial charge in [-0.25, -0.2) is 8.42 Å². The highest BCUT2D eigenvalue weighted by atomic mass is 79.9. The molecule has 13 heavy (non-hydrogen) atoms. The van der Waals surface area contributed by atoms with E-state index in [4.69, 9.17) is 5.11 Å². The summed E-state index contributed by atoms with van der Waals surface area (Å²) in [7, 11) is -3.09. The minimum Gasteiger partial charge on any atom is -0.395 e. The van der Waals surface area contributed by atoms with Crippen LogP contribution in [0.3, 0.4) is 0 Å². The Hall–Kier alpha value is 0.350. The summed E-state index contributed by atoms with van der Waals surface area (Å²) < 4.78 is 25.2. The zero-order valence-electron chi connectivity index (χ0n) is 7.88. The molecular formula is C7H16BrNO3S. The zero-order chi connectivity index (χ0) is 10.5. The van der Waals surface area contributed by atoms with Gasteiger partial charge in [-0.1, -0.05) is 0 Å². The van der Waals surface area contributed by atoms with Gasteiger partial charge in [-0.2, -0.15) is 0 Å². The molecular weight excluding hydrogens is 258 g/mol. The summed E-state index contributed by atoms with van der Waals surface area (Å²) in [6, 6.07) is 0. The van der Waals surface area contributed by atoms with E-state index in [1.807, 2.05) is 13.8 Å². The number of aliphatic hydroxyl groups excluding tert-OH is 1. The Morgan fingerprint density at radius 2 is 1.92 bits per heavy atom. The first kappa shape index (κ1) is 13.4. The van der Waals surface area contributed by atoms with Gasteiger partial charge < -0.3 is 5.11 Å². The van der Waals surface area contributed by atoms with Crippen LogP contribution in [0.4, 0.5) is 0 Å². The lowest BCUT2D eigenvalue weighted by Crippen LogP contribution is -2.34. The van der Waals surface area contributed by atoms with Crippen molar-refractivity contribution < 1.29 is 13.5 Å². The largest absolute Gasteiger partial charge is 0.395 e. The Morgan fingerprint density at radius 1 is 1.38 bits per heavy atom. The van der Waals surface area contributed by atoms with Crippen molar-refractivity contribution in [2.45, 2.75) is 25.8 Å². The van der Waals surface area contributed by atoms with Gasteiger partial charge >= 0.3 is 0 Å². The number of hydrogen-bond acceptors (Lipinski definition) is 4. The molecule has 0 radical (unpaired) electrons. The first-order valence-electron chi connectivity index (χ1n) is 4.02. The second kappa shape index (κ2) is 5.29. The summed E-state index contributed by atoms with van der Waals surface area (Å²) in [4.78, 5) is 0. The van der Waals surface area contributed by atoms with Crippen molar-refractivity contribution in [3.8, 4) is 0 Å². The minimum atomic E-state index is -3.09. The van der Waals surface area contributed by atoms with Gasteiger partial charge in [0.15, 0.2) is 9.84 Å². The van der Waals surface area contributed by atoms with Crippen LogP contribution in [0, 0.1) is 0 Å². The maximum Gasteiger partial charge on any atom is 0.152 e. The van der Waals surface area contributed by atoms with Gasteiger partial charge in [0.2, 0.25) is 0 Å². The van der Waals surface area contributed by atoms with Gasteiger partial charge in [0.25, 0.3) is 0 Å². The predicted molar refractivity (Wildman–Crippen MR) is 56.5 cm³/mol. The fraction of sp³-hybridized carbons (Fsp3) is 1.00. The molecule has 0 saturated heterocycles. The van der Waals surface area contributed by atoms with Gasteiger partial charge in [0.05, 0.1) is 18.1 Å². The van der Waals surface area contributed by atoms with Crippen LogP contribution in [0.25, 0.3) is 0 Å². The van der Waals surface area contributed by atoms with E-state index < -0.39 is 9.84 Å². The fourth-order valence-corrected chi connectivity index (χ4v) is 2.20. The van der Waals surface area contributed by atoms with E-state index in [1.165, 1.54) is 0 Å². The summed E-state index contributed by atoms with van der Waals surface area (Å²) in [5.74, 6) is -0.0511. The second-order valence-corrected chi connectivity index (χ2v) is 6.30. The molecule has 2 N–H and O–H groups in total. The van der Waals surface area contributed by atoms with Crippen LogP contribution in [0.1, 0.15) is 20.3 Å². The van der Waals surface area contributed by atoms with Crippen LogP contribution in [-0.2, 0) is 9.84 Å². The monoisotopic (exact) mass is 273 g/mol.